The summed E-state index contributed by atoms with van der Waals surface area (Å²) >= 11 is 0. The molecule has 1 rings (SSSR count). The van der Waals surface area contributed by atoms with E-state index in [1.165, 1.54) is 19.0 Å². The molecular formula is C12H18F3N5O2. The minimum atomic E-state index is -4.63. The quantitative estimate of drug-likeness (QED) is 0.832. The lowest BCUT2D eigenvalue weighted by molar-refractivity contribution is -0.141. The predicted octanol–water partition coefficient (Wildman–Crippen LogP) is 2.41. The molecule has 0 atom stereocenters. The molecule has 1 heterocycles. The normalized spacial score (nSPS) is 11.8. The van der Waals surface area contributed by atoms with Gasteiger partial charge in [-0.15, -0.1) is 0 Å². The van der Waals surface area contributed by atoms with Crippen molar-refractivity contribution in [2.75, 3.05) is 24.4 Å². The Balaban J connectivity index is 2.90. The molecule has 1 aromatic rings. The average Bonchev–Trinajstić information content (AvgIpc) is 2.33. The maximum absolute atomic E-state index is 12.8. The molecule has 1 aromatic heterocycles. The van der Waals surface area contributed by atoms with Gasteiger partial charge in [0.2, 0.25) is 5.95 Å². The molecule has 0 radical (unpaired) electrons. The number of rotatable bonds is 3. The summed E-state index contributed by atoms with van der Waals surface area (Å²) in [5.74, 6) is -0.361. The molecule has 22 heavy (non-hydrogen) atoms. The number of hydrogen-bond donors (Lipinski definition) is 2. The molecule has 1 amide bonds. The van der Waals surface area contributed by atoms with Gasteiger partial charge in [0.1, 0.15) is 5.60 Å². The van der Waals surface area contributed by atoms with Gasteiger partial charge in [-0.3, -0.25) is 5.43 Å². The van der Waals surface area contributed by atoms with E-state index in [0.717, 1.165) is 0 Å². The molecule has 10 heteroatoms. The van der Waals surface area contributed by atoms with E-state index in [9.17, 15) is 18.0 Å². The number of aromatic nitrogens is 2. The number of amides is 1. The Kier molecular flexibility index (Phi) is 5.05. The van der Waals surface area contributed by atoms with Crippen molar-refractivity contribution in [1.82, 2.24) is 15.4 Å². The van der Waals surface area contributed by atoms with Gasteiger partial charge in [0.15, 0.2) is 11.5 Å². The summed E-state index contributed by atoms with van der Waals surface area (Å²) in [5, 5.41) is 0. The first kappa shape index (κ1) is 17.8. The highest BCUT2D eigenvalue weighted by atomic mass is 19.4. The van der Waals surface area contributed by atoms with Gasteiger partial charge in [-0.2, -0.15) is 18.2 Å². The maximum atomic E-state index is 12.8. The number of alkyl halides is 3. The van der Waals surface area contributed by atoms with Gasteiger partial charge in [0, 0.05) is 20.2 Å². The molecule has 124 valence electrons. The highest BCUT2D eigenvalue weighted by Crippen LogP contribution is 2.29. The topological polar surface area (TPSA) is 79.4 Å². The van der Waals surface area contributed by atoms with Crippen molar-refractivity contribution in [3.63, 3.8) is 0 Å². The highest BCUT2D eigenvalue weighted by Gasteiger charge is 2.34. The Morgan fingerprint density at radius 2 is 1.82 bits per heavy atom. The molecule has 0 unspecified atom stereocenters. The van der Waals surface area contributed by atoms with E-state index < -0.39 is 23.6 Å². The minimum Gasteiger partial charge on any atom is -0.443 e. The number of nitrogens with one attached hydrogen (secondary N) is 2. The Bertz CT molecular complexity index is 541. The first-order valence-corrected chi connectivity index (χ1v) is 6.27. The standard InChI is InChI=1S/C12H18F3N5O2/c1-11(2,3)22-10(21)19-18-8-6-7(12(13,14)15)16-9(17-8)20(4)5/h6H,1-5H3,(H,19,21)(H,16,17,18). The molecule has 7 nitrogen and oxygen atoms in total. The van der Waals surface area contributed by atoms with Crippen LogP contribution in [-0.4, -0.2) is 35.8 Å². The number of carbonyl (C=O) groups excluding carboxylic acids is 1. The van der Waals surface area contributed by atoms with Crippen LogP contribution in [0.2, 0.25) is 0 Å². The molecule has 0 bridgehead atoms. The summed E-state index contributed by atoms with van der Waals surface area (Å²) in [6.07, 6.45) is -5.47. The zero-order valence-electron chi connectivity index (χ0n) is 12.9. The van der Waals surface area contributed by atoms with E-state index >= 15 is 0 Å². The molecular weight excluding hydrogens is 303 g/mol. The average molecular weight is 321 g/mol. The van der Waals surface area contributed by atoms with Crippen LogP contribution in [0.1, 0.15) is 26.5 Å². The summed E-state index contributed by atoms with van der Waals surface area (Å²) in [4.78, 5) is 20.0. The molecule has 0 saturated heterocycles. The first-order valence-electron chi connectivity index (χ1n) is 6.27. The van der Waals surface area contributed by atoms with E-state index in [1.54, 1.807) is 20.8 Å². The molecule has 0 aliphatic rings. The van der Waals surface area contributed by atoms with Gasteiger partial charge in [-0.05, 0) is 20.8 Å². The zero-order valence-corrected chi connectivity index (χ0v) is 12.9. The van der Waals surface area contributed by atoms with Crippen LogP contribution >= 0.6 is 0 Å². The second-order valence-corrected chi connectivity index (χ2v) is 5.58. The van der Waals surface area contributed by atoms with E-state index in [0.29, 0.717) is 6.07 Å². The fraction of sp³-hybridized carbons (Fsp3) is 0.583. The monoisotopic (exact) mass is 321 g/mol. The maximum Gasteiger partial charge on any atom is 0.433 e. The molecule has 2 N–H and O–H groups in total. The van der Waals surface area contributed by atoms with Crippen molar-refractivity contribution < 1.29 is 22.7 Å². The van der Waals surface area contributed by atoms with E-state index in [2.05, 4.69) is 20.8 Å². The van der Waals surface area contributed by atoms with Crippen LogP contribution in [0.3, 0.4) is 0 Å². The Morgan fingerprint density at radius 3 is 2.27 bits per heavy atom. The Hall–Kier alpha value is -2.26. The predicted molar refractivity (Wildman–Crippen MR) is 74.4 cm³/mol. The Morgan fingerprint density at radius 1 is 1.23 bits per heavy atom. The fourth-order valence-corrected chi connectivity index (χ4v) is 1.26. The van der Waals surface area contributed by atoms with Gasteiger partial charge < -0.3 is 9.64 Å². The summed E-state index contributed by atoms with van der Waals surface area (Å²) in [6.45, 7) is 4.97. The lowest BCUT2D eigenvalue weighted by Crippen LogP contribution is -2.36. The van der Waals surface area contributed by atoms with Gasteiger partial charge in [-0.1, -0.05) is 0 Å². The van der Waals surface area contributed by atoms with Crippen LogP contribution < -0.4 is 15.8 Å². The van der Waals surface area contributed by atoms with Crippen molar-refractivity contribution in [3.05, 3.63) is 11.8 Å². The van der Waals surface area contributed by atoms with Gasteiger partial charge >= 0.3 is 12.3 Å². The Labute approximate surface area is 125 Å². The summed E-state index contributed by atoms with van der Waals surface area (Å²) in [5.41, 5.74) is 2.53. The van der Waals surface area contributed by atoms with Crippen molar-refractivity contribution in [2.24, 2.45) is 0 Å². The number of ether oxygens (including phenoxy) is 1. The van der Waals surface area contributed by atoms with E-state index in [-0.39, 0.29) is 11.8 Å². The van der Waals surface area contributed by atoms with Crippen molar-refractivity contribution in [2.45, 2.75) is 32.5 Å². The molecule has 0 aliphatic carbocycles. The second-order valence-electron chi connectivity index (χ2n) is 5.58. The fourth-order valence-electron chi connectivity index (χ4n) is 1.26. The molecule has 0 spiro atoms. The van der Waals surface area contributed by atoms with Crippen LogP contribution in [-0.2, 0) is 10.9 Å². The minimum absolute atomic E-state index is 0.150. The van der Waals surface area contributed by atoms with Crippen LogP contribution in [0.5, 0.6) is 0 Å². The summed E-state index contributed by atoms with van der Waals surface area (Å²) < 4.78 is 43.3. The van der Waals surface area contributed by atoms with E-state index in [4.69, 9.17) is 4.74 Å². The van der Waals surface area contributed by atoms with Crippen LogP contribution in [0, 0.1) is 0 Å². The van der Waals surface area contributed by atoms with Crippen molar-refractivity contribution in [1.29, 1.82) is 0 Å². The van der Waals surface area contributed by atoms with Crippen LogP contribution in [0.4, 0.5) is 29.7 Å². The zero-order chi connectivity index (χ0) is 17.1. The van der Waals surface area contributed by atoms with Crippen molar-refractivity contribution in [3.8, 4) is 0 Å². The second kappa shape index (κ2) is 6.24. The smallest absolute Gasteiger partial charge is 0.433 e. The number of halogens is 3. The number of anilines is 2. The molecule has 0 saturated carbocycles. The van der Waals surface area contributed by atoms with Gasteiger partial charge in [-0.25, -0.2) is 15.2 Å². The number of carbonyl (C=O) groups is 1. The van der Waals surface area contributed by atoms with Gasteiger partial charge in [0.25, 0.3) is 0 Å². The number of nitrogens with zero attached hydrogens (tertiary/aromatic N) is 3. The van der Waals surface area contributed by atoms with Gasteiger partial charge in [0.05, 0.1) is 0 Å². The largest absolute Gasteiger partial charge is 0.443 e. The van der Waals surface area contributed by atoms with Crippen LogP contribution in [0.15, 0.2) is 6.07 Å². The molecule has 0 aliphatic heterocycles. The third-order valence-corrected chi connectivity index (χ3v) is 2.10. The third kappa shape index (κ3) is 5.62. The van der Waals surface area contributed by atoms with E-state index in [1.807, 2.05) is 0 Å². The lowest BCUT2D eigenvalue weighted by atomic mass is 10.2. The lowest BCUT2D eigenvalue weighted by Gasteiger charge is -2.20. The molecule has 0 fully saturated rings. The number of hydrogen-bond acceptors (Lipinski definition) is 6. The van der Waals surface area contributed by atoms with Crippen LogP contribution in [0.25, 0.3) is 0 Å². The molecule has 0 aromatic carbocycles. The summed E-state index contributed by atoms with van der Waals surface area (Å²) in [6, 6.07) is 0.685. The SMILES string of the molecule is CN(C)c1nc(NNC(=O)OC(C)(C)C)cc(C(F)(F)F)n1. The number of hydrazine groups is 1. The highest BCUT2D eigenvalue weighted by molar-refractivity contribution is 5.69. The van der Waals surface area contributed by atoms with Crippen molar-refractivity contribution >= 4 is 17.9 Å². The third-order valence-electron chi connectivity index (χ3n) is 2.10. The summed E-state index contributed by atoms with van der Waals surface area (Å²) in [7, 11) is 3.00. The first-order chi connectivity index (χ1) is 9.88.